The Morgan fingerprint density at radius 1 is 0.315 bits per heavy atom. The van der Waals surface area contributed by atoms with Gasteiger partial charge in [0.05, 0.1) is 26.4 Å². The van der Waals surface area contributed by atoms with Crippen LogP contribution in [-0.4, -0.2) is 96.7 Å². The normalized spacial score (nSPS) is 14.6. The molecule has 0 aromatic heterocycles. The molecule has 6 atom stereocenters. The minimum atomic E-state index is -4.95. The topological polar surface area (TPSA) is 237 Å². The third kappa shape index (κ3) is 63.2. The molecule has 4 unspecified atom stereocenters. The lowest BCUT2D eigenvalue weighted by molar-refractivity contribution is -0.161. The van der Waals surface area contributed by atoms with Crippen molar-refractivity contribution in [2.45, 2.75) is 363 Å². The van der Waals surface area contributed by atoms with Gasteiger partial charge < -0.3 is 33.8 Å². The molecule has 3 N–H and O–H groups in total. The molecule has 0 heterocycles. The number of carbonyl (C=O) groups is 4. The lowest BCUT2D eigenvalue weighted by Crippen LogP contribution is -2.30. The predicted octanol–water partition coefficient (Wildman–Crippen LogP) is 19.7. The van der Waals surface area contributed by atoms with Crippen molar-refractivity contribution >= 4 is 39.5 Å². The molecule has 0 aliphatic carbocycles. The smallest absolute Gasteiger partial charge is 0.462 e. The van der Waals surface area contributed by atoms with Crippen LogP contribution < -0.4 is 0 Å². The van der Waals surface area contributed by atoms with Gasteiger partial charge in [-0.15, -0.1) is 0 Å². The zero-order valence-corrected chi connectivity index (χ0v) is 59.8. The lowest BCUT2D eigenvalue weighted by atomic mass is 9.99. The van der Waals surface area contributed by atoms with E-state index in [0.29, 0.717) is 25.7 Å². The zero-order chi connectivity index (χ0) is 66.1. The molecular formula is C70H136O17P2. The van der Waals surface area contributed by atoms with Crippen molar-refractivity contribution in [2.75, 3.05) is 39.6 Å². The van der Waals surface area contributed by atoms with Gasteiger partial charge in [0, 0.05) is 25.7 Å². The molecule has 19 heteroatoms. The summed E-state index contributed by atoms with van der Waals surface area (Å²) in [6, 6.07) is 0. The van der Waals surface area contributed by atoms with E-state index in [1.165, 1.54) is 148 Å². The first kappa shape index (κ1) is 87.1. The van der Waals surface area contributed by atoms with Crippen LogP contribution in [0.3, 0.4) is 0 Å². The molecule has 0 spiro atoms. The second-order valence-corrected chi connectivity index (χ2v) is 29.8. The second-order valence-electron chi connectivity index (χ2n) is 26.9. The molecule has 0 bridgehead atoms. The quantitative estimate of drug-likeness (QED) is 0.0222. The fourth-order valence-electron chi connectivity index (χ4n) is 10.5. The van der Waals surface area contributed by atoms with Crippen LogP contribution in [0, 0.1) is 23.7 Å². The Morgan fingerprint density at radius 2 is 0.539 bits per heavy atom. The Kier molecular flexibility index (Phi) is 58.5. The van der Waals surface area contributed by atoms with Gasteiger partial charge in [0.15, 0.2) is 12.2 Å². The van der Waals surface area contributed by atoms with Gasteiger partial charge in [-0.1, -0.05) is 293 Å². The zero-order valence-electron chi connectivity index (χ0n) is 58.1. The highest BCUT2D eigenvalue weighted by molar-refractivity contribution is 7.47. The van der Waals surface area contributed by atoms with Crippen LogP contribution in [0.5, 0.6) is 0 Å². The molecule has 0 aromatic carbocycles. The fourth-order valence-corrected chi connectivity index (χ4v) is 12.0. The van der Waals surface area contributed by atoms with Crippen molar-refractivity contribution in [3.8, 4) is 0 Å². The standard InChI is InChI=1S/C70H136O17P2/c1-9-63(8)49-41-33-25-16-10-11-17-28-36-44-52-69(74)86-66(57-81-68(73)51-43-35-27-21-20-24-32-40-48-62(6)7)59-85-89(78,79)83-55-64(71)54-82-88(76,77)84-58-65(87-70(75)53-45-37-29-19-13-15-23-31-39-47-61(4)5)56-80-67(72)50-42-34-26-18-12-14-22-30-38-46-60(2)3/h60-66,71H,9-59H2,1-8H3,(H,76,77)(H,78,79)/t63?,64?,65-,66-/m1/s1. The van der Waals surface area contributed by atoms with E-state index in [1.807, 2.05) is 0 Å². The van der Waals surface area contributed by atoms with Crippen molar-refractivity contribution < 1.29 is 80.2 Å². The van der Waals surface area contributed by atoms with Gasteiger partial charge in [-0.3, -0.25) is 37.3 Å². The SMILES string of the molecule is CCC(C)CCCCCCCCCCCCC(=O)O[C@H](COC(=O)CCCCCCCCCCC(C)C)COP(=O)(O)OCC(O)COP(=O)(O)OC[C@@H](COC(=O)CCCCCCCCCCCC(C)C)OC(=O)CCCCCCCCCCCC(C)C. The first-order chi connectivity index (χ1) is 42.6. The number of unbranched alkanes of at least 4 members (excludes halogenated alkanes) is 32. The number of carbonyl (C=O) groups excluding carboxylic acids is 4. The average Bonchev–Trinajstić information content (AvgIpc) is 3.70. The van der Waals surface area contributed by atoms with Crippen molar-refractivity contribution in [3.63, 3.8) is 0 Å². The number of hydrogen-bond acceptors (Lipinski definition) is 15. The van der Waals surface area contributed by atoms with E-state index < -0.39 is 97.5 Å². The molecule has 0 radical (unpaired) electrons. The number of esters is 4. The molecule has 89 heavy (non-hydrogen) atoms. The molecule has 0 amide bonds. The monoisotopic (exact) mass is 1310 g/mol. The summed E-state index contributed by atoms with van der Waals surface area (Å²) in [6.07, 6.45) is 41.6. The highest BCUT2D eigenvalue weighted by atomic mass is 31.2. The summed E-state index contributed by atoms with van der Waals surface area (Å²) in [5.41, 5.74) is 0. The molecule has 0 rings (SSSR count). The van der Waals surface area contributed by atoms with E-state index in [9.17, 15) is 43.2 Å². The average molecular weight is 1310 g/mol. The van der Waals surface area contributed by atoms with Crippen molar-refractivity contribution in [1.29, 1.82) is 0 Å². The van der Waals surface area contributed by atoms with Gasteiger partial charge in [0.25, 0.3) is 0 Å². The number of phosphoric acid groups is 2. The molecule has 528 valence electrons. The van der Waals surface area contributed by atoms with Crippen molar-refractivity contribution in [1.82, 2.24) is 0 Å². The predicted molar refractivity (Wildman–Crippen MR) is 358 cm³/mol. The number of hydrogen-bond donors (Lipinski definition) is 3. The van der Waals surface area contributed by atoms with E-state index in [-0.39, 0.29) is 25.7 Å². The Bertz CT molecular complexity index is 1770. The first-order valence-corrected chi connectivity index (χ1v) is 39.2. The van der Waals surface area contributed by atoms with E-state index in [2.05, 4.69) is 55.4 Å². The molecular weight excluding hydrogens is 1170 g/mol. The van der Waals surface area contributed by atoms with Crippen LogP contribution in [0.15, 0.2) is 0 Å². The van der Waals surface area contributed by atoms with Crippen LogP contribution in [0.25, 0.3) is 0 Å². The van der Waals surface area contributed by atoms with Crippen LogP contribution >= 0.6 is 15.6 Å². The highest BCUT2D eigenvalue weighted by Gasteiger charge is 2.30. The molecule has 0 aliphatic heterocycles. The largest absolute Gasteiger partial charge is 0.472 e. The Balaban J connectivity index is 5.27. The van der Waals surface area contributed by atoms with Gasteiger partial charge in [0.2, 0.25) is 0 Å². The van der Waals surface area contributed by atoms with Crippen LogP contribution in [0.4, 0.5) is 0 Å². The second kappa shape index (κ2) is 59.8. The molecule has 0 aliphatic rings. The van der Waals surface area contributed by atoms with Crippen molar-refractivity contribution in [3.05, 3.63) is 0 Å². The van der Waals surface area contributed by atoms with Gasteiger partial charge in [-0.2, -0.15) is 0 Å². The first-order valence-electron chi connectivity index (χ1n) is 36.2. The van der Waals surface area contributed by atoms with Crippen molar-refractivity contribution in [2.24, 2.45) is 23.7 Å². The number of phosphoric ester groups is 2. The summed E-state index contributed by atoms with van der Waals surface area (Å²) < 4.78 is 68.3. The summed E-state index contributed by atoms with van der Waals surface area (Å²) in [6.45, 7) is 14.1. The fraction of sp³-hybridized carbons (Fsp3) is 0.943. The number of aliphatic hydroxyl groups excluding tert-OH is 1. The summed E-state index contributed by atoms with van der Waals surface area (Å²) in [5, 5.41) is 10.6. The summed E-state index contributed by atoms with van der Waals surface area (Å²) >= 11 is 0. The number of aliphatic hydroxyl groups is 1. The number of ether oxygens (including phenoxy) is 4. The third-order valence-electron chi connectivity index (χ3n) is 16.4. The van der Waals surface area contributed by atoms with Crippen LogP contribution in [-0.2, 0) is 65.4 Å². The number of rotatable bonds is 67. The van der Waals surface area contributed by atoms with Crippen LogP contribution in [0.2, 0.25) is 0 Å². The Morgan fingerprint density at radius 3 is 0.798 bits per heavy atom. The van der Waals surface area contributed by atoms with Gasteiger partial charge in [-0.25, -0.2) is 9.13 Å². The molecule has 0 fully saturated rings. The minimum Gasteiger partial charge on any atom is -0.462 e. The Hall–Kier alpha value is -1.94. The van der Waals surface area contributed by atoms with Crippen LogP contribution in [0.1, 0.15) is 344 Å². The summed E-state index contributed by atoms with van der Waals surface area (Å²) in [7, 11) is -9.90. The molecule has 17 nitrogen and oxygen atoms in total. The minimum absolute atomic E-state index is 0.104. The van der Waals surface area contributed by atoms with Gasteiger partial charge in [-0.05, 0) is 49.4 Å². The maximum absolute atomic E-state index is 13.0. The third-order valence-corrected chi connectivity index (χ3v) is 18.3. The molecule has 0 saturated carbocycles. The van der Waals surface area contributed by atoms with E-state index in [1.54, 1.807) is 0 Å². The van der Waals surface area contributed by atoms with E-state index >= 15 is 0 Å². The summed E-state index contributed by atoms with van der Waals surface area (Å²) in [4.78, 5) is 72.5. The molecule has 0 aromatic rings. The van der Waals surface area contributed by atoms with Gasteiger partial charge >= 0.3 is 39.5 Å². The summed E-state index contributed by atoms with van der Waals surface area (Å²) in [5.74, 6) is 0.880. The van der Waals surface area contributed by atoms with E-state index in [0.717, 1.165) is 114 Å². The Labute approximate surface area is 543 Å². The maximum Gasteiger partial charge on any atom is 0.472 e. The molecule has 0 saturated heterocycles. The van der Waals surface area contributed by atoms with E-state index in [4.69, 9.17) is 37.0 Å². The highest BCUT2D eigenvalue weighted by Crippen LogP contribution is 2.45. The van der Waals surface area contributed by atoms with Gasteiger partial charge in [0.1, 0.15) is 19.3 Å². The maximum atomic E-state index is 13.0. The lowest BCUT2D eigenvalue weighted by Gasteiger charge is -2.21.